The summed E-state index contributed by atoms with van der Waals surface area (Å²) in [6.45, 7) is 7.06. The average Bonchev–Trinajstić information content (AvgIpc) is 2.80. The first-order valence-corrected chi connectivity index (χ1v) is 10.9. The molecule has 0 aliphatic heterocycles. The molecule has 186 valence electrons. The van der Waals surface area contributed by atoms with Crippen LogP contribution in [-0.2, 0) is 9.53 Å². The molecule has 0 saturated heterocycles. The van der Waals surface area contributed by atoms with Crippen LogP contribution in [0.3, 0.4) is 0 Å². The van der Waals surface area contributed by atoms with Gasteiger partial charge in [0.1, 0.15) is 12.1 Å². The quantitative estimate of drug-likeness (QED) is 0.239. The number of nitrogens with zero attached hydrogens (tertiary/aromatic N) is 1. The van der Waals surface area contributed by atoms with Crippen LogP contribution in [0.15, 0.2) is 36.4 Å². The topological polar surface area (TPSA) is 116 Å². The predicted octanol–water partition coefficient (Wildman–Crippen LogP) is 4.60. The maximum absolute atomic E-state index is 12.3. The minimum atomic E-state index is -0.734. The standard InChI is InChI=1S/C26H30N2O7/c1-7-33-22-14-18(9-11-20(22)31-5)19(15-27)12-17-8-10-21(32-6)23(13-17)34-24(29)16-28-25(30)35-26(2,3)4/h8-14H,7,16H2,1-6H3,(H,28,30). The third kappa shape index (κ3) is 8.27. The number of amides is 1. The first-order chi connectivity index (χ1) is 16.6. The van der Waals surface area contributed by atoms with E-state index in [1.807, 2.05) is 6.92 Å². The lowest BCUT2D eigenvalue weighted by molar-refractivity contribution is -0.133. The highest BCUT2D eigenvalue weighted by Gasteiger charge is 2.18. The second kappa shape index (κ2) is 12.3. The number of hydrogen-bond donors (Lipinski definition) is 1. The molecule has 0 fully saturated rings. The summed E-state index contributed by atoms with van der Waals surface area (Å²) in [5, 5.41) is 12.1. The van der Waals surface area contributed by atoms with Crippen molar-refractivity contribution in [1.29, 1.82) is 5.26 Å². The van der Waals surface area contributed by atoms with E-state index in [2.05, 4.69) is 11.4 Å². The second-order valence-electron chi connectivity index (χ2n) is 8.21. The van der Waals surface area contributed by atoms with Gasteiger partial charge in [-0.3, -0.25) is 0 Å². The number of esters is 1. The molecule has 0 aliphatic rings. The number of alkyl carbamates (subject to hydrolysis) is 1. The van der Waals surface area contributed by atoms with Gasteiger partial charge in [-0.2, -0.15) is 5.26 Å². The smallest absolute Gasteiger partial charge is 0.408 e. The van der Waals surface area contributed by atoms with Gasteiger partial charge in [0.25, 0.3) is 0 Å². The van der Waals surface area contributed by atoms with E-state index < -0.39 is 24.2 Å². The van der Waals surface area contributed by atoms with Crippen LogP contribution in [0.1, 0.15) is 38.8 Å². The summed E-state index contributed by atoms with van der Waals surface area (Å²) in [6, 6.07) is 12.3. The first kappa shape index (κ1) is 27.1. The van der Waals surface area contributed by atoms with Gasteiger partial charge in [-0.25, -0.2) is 9.59 Å². The Kier molecular flexibility index (Phi) is 9.53. The molecule has 35 heavy (non-hydrogen) atoms. The number of rotatable bonds is 9. The van der Waals surface area contributed by atoms with Crippen molar-refractivity contribution in [1.82, 2.24) is 5.32 Å². The Labute approximate surface area is 205 Å². The van der Waals surface area contributed by atoms with E-state index in [0.29, 0.717) is 40.6 Å². The van der Waals surface area contributed by atoms with Crippen LogP contribution in [0.5, 0.6) is 23.0 Å². The van der Waals surface area contributed by atoms with Gasteiger partial charge >= 0.3 is 12.1 Å². The van der Waals surface area contributed by atoms with Crippen LogP contribution < -0.4 is 24.3 Å². The Hall–Kier alpha value is -4.19. The summed E-state index contributed by atoms with van der Waals surface area (Å²) in [6.07, 6.45) is 0.912. The minimum Gasteiger partial charge on any atom is -0.493 e. The molecule has 1 amide bonds. The van der Waals surface area contributed by atoms with Crippen molar-refractivity contribution in [3.8, 4) is 29.1 Å². The van der Waals surface area contributed by atoms with Crippen molar-refractivity contribution >= 4 is 23.7 Å². The number of benzene rings is 2. The highest BCUT2D eigenvalue weighted by molar-refractivity contribution is 5.90. The third-order valence-electron chi connectivity index (χ3n) is 4.39. The van der Waals surface area contributed by atoms with Crippen LogP contribution in [-0.4, -0.2) is 45.0 Å². The largest absolute Gasteiger partial charge is 0.493 e. The van der Waals surface area contributed by atoms with E-state index in [1.54, 1.807) is 70.4 Å². The molecule has 2 aromatic rings. The van der Waals surface area contributed by atoms with Crippen LogP contribution >= 0.6 is 0 Å². The maximum atomic E-state index is 12.3. The zero-order chi connectivity index (χ0) is 26.0. The van der Waals surface area contributed by atoms with E-state index in [-0.39, 0.29) is 5.75 Å². The predicted molar refractivity (Wildman–Crippen MR) is 131 cm³/mol. The Morgan fingerprint density at radius 1 is 1.00 bits per heavy atom. The lowest BCUT2D eigenvalue weighted by atomic mass is 10.0. The molecule has 0 spiro atoms. The number of hydrogen-bond acceptors (Lipinski definition) is 8. The molecule has 1 N–H and O–H groups in total. The van der Waals surface area contributed by atoms with E-state index in [1.165, 1.54) is 7.11 Å². The number of nitrogens with one attached hydrogen (secondary N) is 1. The molecule has 0 aromatic heterocycles. The molecule has 2 rings (SSSR count). The molecule has 0 radical (unpaired) electrons. The molecule has 9 nitrogen and oxygen atoms in total. The molecule has 0 saturated carbocycles. The lowest BCUT2D eigenvalue weighted by Crippen LogP contribution is -2.36. The minimum absolute atomic E-state index is 0.138. The average molecular weight is 483 g/mol. The summed E-state index contributed by atoms with van der Waals surface area (Å²) >= 11 is 0. The Morgan fingerprint density at radius 2 is 1.66 bits per heavy atom. The Bertz CT molecular complexity index is 1130. The van der Waals surface area contributed by atoms with Crippen molar-refractivity contribution < 1.29 is 33.3 Å². The van der Waals surface area contributed by atoms with Gasteiger partial charge in [-0.05, 0) is 75.2 Å². The van der Waals surface area contributed by atoms with E-state index >= 15 is 0 Å². The first-order valence-electron chi connectivity index (χ1n) is 10.9. The normalized spacial score (nSPS) is 11.2. The summed E-state index contributed by atoms with van der Waals surface area (Å²) in [4.78, 5) is 24.0. The highest BCUT2D eigenvalue weighted by Crippen LogP contribution is 2.33. The molecule has 9 heteroatoms. The van der Waals surface area contributed by atoms with Crippen LogP contribution in [0.25, 0.3) is 11.6 Å². The summed E-state index contributed by atoms with van der Waals surface area (Å²) in [5.74, 6) is 0.822. The van der Waals surface area contributed by atoms with Crippen molar-refractivity contribution in [3.05, 3.63) is 47.5 Å². The molecule has 0 atom stereocenters. The fourth-order valence-electron chi connectivity index (χ4n) is 2.94. The number of allylic oxidation sites excluding steroid dienone is 1. The molecule has 0 bridgehead atoms. The summed E-state index contributed by atoms with van der Waals surface area (Å²) in [7, 11) is 2.98. The SMILES string of the molecule is CCOc1cc(C(C#N)=Cc2ccc(OC)c(OC(=O)CNC(=O)OC(C)(C)C)c2)ccc1OC. The van der Waals surface area contributed by atoms with Gasteiger partial charge in [0.15, 0.2) is 23.0 Å². The number of methoxy groups -OCH3 is 2. The molecule has 2 aromatic carbocycles. The van der Waals surface area contributed by atoms with Gasteiger partial charge in [0.2, 0.25) is 0 Å². The van der Waals surface area contributed by atoms with Crippen LogP contribution in [0.4, 0.5) is 4.79 Å². The summed E-state index contributed by atoms with van der Waals surface area (Å²) in [5.41, 5.74) is 0.901. The Balaban J connectivity index is 2.25. The van der Waals surface area contributed by atoms with E-state index in [0.717, 1.165) is 0 Å². The van der Waals surface area contributed by atoms with Gasteiger partial charge in [-0.1, -0.05) is 6.07 Å². The molecular weight excluding hydrogens is 452 g/mol. The fraction of sp³-hybridized carbons (Fsp3) is 0.346. The maximum Gasteiger partial charge on any atom is 0.408 e. The third-order valence-corrected chi connectivity index (χ3v) is 4.39. The zero-order valence-corrected chi connectivity index (χ0v) is 20.8. The van der Waals surface area contributed by atoms with Crippen molar-refractivity contribution in [3.63, 3.8) is 0 Å². The van der Waals surface area contributed by atoms with Crippen molar-refractivity contribution in [2.45, 2.75) is 33.3 Å². The molecule has 0 unspecified atom stereocenters. The number of carbonyl (C=O) groups excluding carboxylic acids is 2. The monoisotopic (exact) mass is 482 g/mol. The molecule has 0 heterocycles. The van der Waals surface area contributed by atoms with E-state index in [9.17, 15) is 14.9 Å². The number of nitriles is 1. The molecule has 0 aliphatic carbocycles. The van der Waals surface area contributed by atoms with Gasteiger partial charge < -0.3 is 29.0 Å². The number of ether oxygens (including phenoxy) is 5. The van der Waals surface area contributed by atoms with Crippen molar-refractivity contribution in [2.24, 2.45) is 0 Å². The number of carbonyl (C=O) groups is 2. The summed E-state index contributed by atoms with van der Waals surface area (Å²) < 4.78 is 26.6. The van der Waals surface area contributed by atoms with Crippen LogP contribution in [0.2, 0.25) is 0 Å². The van der Waals surface area contributed by atoms with Gasteiger partial charge in [0.05, 0.1) is 32.5 Å². The van der Waals surface area contributed by atoms with Gasteiger partial charge in [0, 0.05) is 0 Å². The van der Waals surface area contributed by atoms with Gasteiger partial charge in [-0.15, -0.1) is 0 Å². The zero-order valence-electron chi connectivity index (χ0n) is 20.8. The second-order valence-corrected chi connectivity index (χ2v) is 8.21. The van der Waals surface area contributed by atoms with Crippen LogP contribution in [0, 0.1) is 11.3 Å². The fourth-order valence-corrected chi connectivity index (χ4v) is 2.94. The molecular formula is C26H30N2O7. The van der Waals surface area contributed by atoms with E-state index in [4.69, 9.17) is 23.7 Å². The highest BCUT2D eigenvalue weighted by atomic mass is 16.6. The van der Waals surface area contributed by atoms with Crippen molar-refractivity contribution in [2.75, 3.05) is 27.4 Å². The lowest BCUT2D eigenvalue weighted by Gasteiger charge is -2.19. The Morgan fingerprint density at radius 3 is 2.26 bits per heavy atom.